The minimum Gasteiger partial charge on any atom is -0.493 e. The number of methoxy groups -OCH3 is 5. The van der Waals surface area contributed by atoms with E-state index in [0.717, 1.165) is 16.8 Å². The molecule has 0 aliphatic carbocycles. The first-order valence-electron chi connectivity index (χ1n) is 8.44. The largest absolute Gasteiger partial charge is 0.493 e. The fraction of sp³-hybridized carbons (Fsp3) is 0.250. The summed E-state index contributed by atoms with van der Waals surface area (Å²) in [6.07, 6.45) is 0. The zero-order valence-corrected chi connectivity index (χ0v) is 16.5. The molecule has 0 aliphatic heterocycles. The highest BCUT2D eigenvalue weighted by Crippen LogP contribution is 2.45. The lowest BCUT2D eigenvalue weighted by molar-refractivity contribution is 0.324. The number of ether oxygens (including phenoxy) is 5. The molecule has 148 valence electrons. The lowest BCUT2D eigenvalue weighted by Gasteiger charge is -2.15. The van der Waals surface area contributed by atoms with Gasteiger partial charge in [0.1, 0.15) is 0 Å². The normalized spacial score (nSPS) is 10.5. The molecule has 3 aromatic rings. The van der Waals surface area contributed by atoms with E-state index in [4.69, 9.17) is 29.4 Å². The number of nitrogen functional groups attached to an aromatic ring is 1. The van der Waals surface area contributed by atoms with E-state index >= 15 is 0 Å². The second-order valence-corrected chi connectivity index (χ2v) is 5.84. The van der Waals surface area contributed by atoms with Crippen LogP contribution in [0.3, 0.4) is 0 Å². The van der Waals surface area contributed by atoms with Crippen molar-refractivity contribution < 1.29 is 23.7 Å². The van der Waals surface area contributed by atoms with E-state index in [9.17, 15) is 0 Å². The van der Waals surface area contributed by atoms with Crippen LogP contribution in [-0.4, -0.2) is 45.7 Å². The molecule has 1 heterocycles. The summed E-state index contributed by atoms with van der Waals surface area (Å²) in [5.74, 6) is 3.13. The van der Waals surface area contributed by atoms with E-state index in [1.54, 1.807) is 35.5 Å². The number of hydrogen-bond donors (Lipinski definition) is 2. The molecule has 0 saturated heterocycles. The fourth-order valence-corrected chi connectivity index (χ4v) is 3.07. The van der Waals surface area contributed by atoms with Gasteiger partial charge >= 0.3 is 0 Å². The number of nitrogens with two attached hydrogens (primary N) is 1. The number of nitrogens with one attached hydrogen (secondary N) is 1. The lowest BCUT2D eigenvalue weighted by Crippen LogP contribution is -1.97. The van der Waals surface area contributed by atoms with E-state index in [1.807, 2.05) is 30.3 Å². The predicted molar refractivity (Wildman–Crippen MR) is 107 cm³/mol. The Balaban J connectivity index is 2.20. The van der Waals surface area contributed by atoms with Crippen LogP contribution in [0.5, 0.6) is 28.7 Å². The summed E-state index contributed by atoms with van der Waals surface area (Å²) in [6, 6.07) is 9.23. The number of H-pyrrole nitrogens is 1. The molecule has 1 aromatic heterocycles. The van der Waals surface area contributed by atoms with Gasteiger partial charge in [0.05, 0.1) is 46.8 Å². The SMILES string of the molecule is COc1ccc(-c2[nH]nc(N)c2-c2cc(OC)c(OC)c(OC)c2)cc1OC. The molecule has 0 aliphatic rings. The monoisotopic (exact) mass is 385 g/mol. The predicted octanol–water partition coefficient (Wildman–Crippen LogP) is 3.37. The van der Waals surface area contributed by atoms with Crippen molar-refractivity contribution in [2.45, 2.75) is 0 Å². The minimum absolute atomic E-state index is 0.346. The average Bonchev–Trinajstić information content (AvgIpc) is 3.13. The summed E-state index contributed by atoms with van der Waals surface area (Å²) in [5, 5.41) is 7.19. The Labute approximate surface area is 163 Å². The Hall–Kier alpha value is -3.55. The van der Waals surface area contributed by atoms with E-state index in [1.165, 1.54) is 0 Å². The molecule has 0 atom stereocenters. The summed E-state index contributed by atoms with van der Waals surface area (Å²) in [5.41, 5.74) is 9.23. The molecule has 8 heteroatoms. The first kappa shape index (κ1) is 19.2. The third-order valence-corrected chi connectivity index (χ3v) is 4.42. The smallest absolute Gasteiger partial charge is 0.203 e. The van der Waals surface area contributed by atoms with Crippen LogP contribution in [0.4, 0.5) is 5.82 Å². The van der Waals surface area contributed by atoms with E-state index in [0.29, 0.717) is 40.1 Å². The fourth-order valence-electron chi connectivity index (χ4n) is 3.07. The van der Waals surface area contributed by atoms with Crippen LogP contribution in [0.25, 0.3) is 22.4 Å². The summed E-state index contributed by atoms with van der Waals surface area (Å²) in [4.78, 5) is 0. The molecule has 28 heavy (non-hydrogen) atoms. The van der Waals surface area contributed by atoms with Crippen molar-refractivity contribution >= 4 is 5.82 Å². The molecule has 2 aromatic carbocycles. The number of aromatic amines is 1. The maximum atomic E-state index is 6.18. The third-order valence-electron chi connectivity index (χ3n) is 4.42. The van der Waals surface area contributed by atoms with E-state index in [-0.39, 0.29) is 0 Å². The number of aromatic nitrogens is 2. The van der Waals surface area contributed by atoms with Gasteiger partial charge in [0.25, 0.3) is 0 Å². The van der Waals surface area contributed by atoms with Gasteiger partial charge in [-0.15, -0.1) is 0 Å². The van der Waals surface area contributed by atoms with Crippen LogP contribution in [0, 0.1) is 0 Å². The van der Waals surface area contributed by atoms with Gasteiger partial charge in [0, 0.05) is 5.56 Å². The number of hydrogen-bond acceptors (Lipinski definition) is 7. The molecule has 3 rings (SSSR count). The lowest BCUT2D eigenvalue weighted by atomic mass is 9.99. The molecule has 0 saturated carbocycles. The molecule has 0 fully saturated rings. The molecule has 0 amide bonds. The van der Waals surface area contributed by atoms with Gasteiger partial charge < -0.3 is 29.4 Å². The summed E-state index contributed by atoms with van der Waals surface area (Å²) in [7, 11) is 7.86. The zero-order chi connectivity index (χ0) is 20.3. The molecule has 0 radical (unpaired) electrons. The van der Waals surface area contributed by atoms with Gasteiger partial charge in [-0.3, -0.25) is 5.10 Å². The molecule has 0 spiro atoms. The van der Waals surface area contributed by atoms with Gasteiger partial charge in [-0.05, 0) is 35.9 Å². The van der Waals surface area contributed by atoms with Crippen LogP contribution in [0.1, 0.15) is 0 Å². The molecule has 8 nitrogen and oxygen atoms in total. The second-order valence-electron chi connectivity index (χ2n) is 5.84. The second kappa shape index (κ2) is 7.99. The number of anilines is 1. The van der Waals surface area contributed by atoms with Crippen molar-refractivity contribution in [1.29, 1.82) is 0 Å². The van der Waals surface area contributed by atoms with Crippen LogP contribution in [0.15, 0.2) is 30.3 Å². The van der Waals surface area contributed by atoms with Crippen LogP contribution < -0.4 is 29.4 Å². The maximum absolute atomic E-state index is 6.18. The van der Waals surface area contributed by atoms with E-state index < -0.39 is 0 Å². The Bertz CT molecular complexity index is 959. The standard InChI is InChI=1S/C20H23N3O5/c1-24-13-7-6-11(8-14(13)25-2)18-17(20(21)23-22-18)12-9-15(26-3)19(28-5)16(10-12)27-4/h6-10H,1-5H3,(H3,21,22,23). The first-order valence-corrected chi connectivity index (χ1v) is 8.44. The van der Waals surface area contributed by atoms with Crippen molar-refractivity contribution in [3.05, 3.63) is 30.3 Å². The topological polar surface area (TPSA) is 101 Å². The Morgan fingerprint density at radius 2 is 1.29 bits per heavy atom. The van der Waals surface area contributed by atoms with Crippen molar-refractivity contribution in [2.75, 3.05) is 41.3 Å². The quantitative estimate of drug-likeness (QED) is 0.643. The highest BCUT2D eigenvalue weighted by Gasteiger charge is 2.21. The molecule has 3 N–H and O–H groups in total. The molecule has 0 bridgehead atoms. The summed E-state index contributed by atoms with van der Waals surface area (Å²) >= 11 is 0. The first-order chi connectivity index (χ1) is 13.6. The Morgan fingerprint density at radius 3 is 1.82 bits per heavy atom. The third kappa shape index (κ3) is 3.24. The zero-order valence-electron chi connectivity index (χ0n) is 16.5. The van der Waals surface area contributed by atoms with Crippen molar-refractivity contribution in [2.24, 2.45) is 0 Å². The van der Waals surface area contributed by atoms with Gasteiger partial charge in [0.2, 0.25) is 5.75 Å². The molecular weight excluding hydrogens is 362 g/mol. The van der Waals surface area contributed by atoms with Crippen molar-refractivity contribution in [3.8, 4) is 51.1 Å². The number of nitrogens with zero attached hydrogens (tertiary/aromatic N) is 1. The minimum atomic E-state index is 0.346. The van der Waals surface area contributed by atoms with E-state index in [2.05, 4.69) is 10.2 Å². The van der Waals surface area contributed by atoms with Gasteiger partial charge in [-0.2, -0.15) is 5.10 Å². The van der Waals surface area contributed by atoms with Crippen molar-refractivity contribution in [3.63, 3.8) is 0 Å². The van der Waals surface area contributed by atoms with Gasteiger partial charge in [-0.1, -0.05) is 0 Å². The molecule has 0 unspecified atom stereocenters. The van der Waals surface area contributed by atoms with Crippen LogP contribution in [-0.2, 0) is 0 Å². The average molecular weight is 385 g/mol. The molecular formula is C20H23N3O5. The Kier molecular flexibility index (Phi) is 5.49. The van der Waals surface area contributed by atoms with Crippen LogP contribution >= 0.6 is 0 Å². The van der Waals surface area contributed by atoms with Crippen LogP contribution in [0.2, 0.25) is 0 Å². The highest BCUT2D eigenvalue weighted by molar-refractivity contribution is 5.89. The maximum Gasteiger partial charge on any atom is 0.203 e. The van der Waals surface area contributed by atoms with Gasteiger partial charge in [0.15, 0.2) is 28.8 Å². The highest BCUT2D eigenvalue weighted by atomic mass is 16.5. The van der Waals surface area contributed by atoms with Gasteiger partial charge in [-0.25, -0.2) is 0 Å². The number of rotatable bonds is 7. The summed E-state index contributed by atoms with van der Waals surface area (Å²) in [6.45, 7) is 0. The summed E-state index contributed by atoms with van der Waals surface area (Å²) < 4.78 is 27.0. The Morgan fingerprint density at radius 1 is 0.714 bits per heavy atom. The van der Waals surface area contributed by atoms with Crippen molar-refractivity contribution in [1.82, 2.24) is 10.2 Å². The number of benzene rings is 2.